The van der Waals surface area contributed by atoms with Crippen LogP contribution < -0.4 is 15.5 Å². The molecule has 0 atom stereocenters. The molecule has 0 unspecified atom stereocenters. The number of urea groups is 1. The Labute approximate surface area is 108 Å². The second kappa shape index (κ2) is 5.87. The van der Waals surface area contributed by atoms with Crippen LogP contribution in [-0.2, 0) is 0 Å². The second-order valence-corrected chi connectivity index (χ2v) is 5.20. The van der Waals surface area contributed by atoms with Crippen molar-refractivity contribution in [3.63, 3.8) is 0 Å². The highest BCUT2D eigenvalue weighted by Gasteiger charge is 2.20. The fraction of sp³-hybridized carbons (Fsp3) is 0.500. The molecule has 0 spiro atoms. The fourth-order valence-electron chi connectivity index (χ4n) is 2.33. The summed E-state index contributed by atoms with van der Waals surface area (Å²) in [7, 11) is 2.20. The monoisotopic (exact) mass is 248 g/mol. The largest absolute Gasteiger partial charge is 0.337 e. The maximum Gasteiger partial charge on any atom is 0.319 e. The lowest BCUT2D eigenvalue weighted by atomic mass is 10.1. The molecule has 1 heterocycles. The maximum atomic E-state index is 11.8. The first kappa shape index (κ1) is 12.9. The number of amides is 2. The molecule has 98 valence electrons. The van der Waals surface area contributed by atoms with Gasteiger partial charge in [-0.25, -0.2) is 4.79 Å². The minimum absolute atomic E-state index is 0.0925. The molecule has 4 heteroatoms. The van der Waals surface area contributed by atoms with Crippen LogP contribution in [0.15, 0.2) is 24.3 Å². The Morgan fingerprint density at radius 3 is 2.72 bits per heavy atom. The van der Waals surface area contributed by atoms with Gasteiger partial charge in [0.05, 0.1) is 20.1 Å². The Hall–Kier alpha value is -1.55. The molecule has 3 N–H and O–H groups in total. The first-order valence-electron chi connectivity index (χ1n) is 6.59. The molecule has 1 aliphatic rings. The number of hydrogen-bond acceptors (Lipinski definition) is 1. The third-order valence-corrected chi connectivity index (χ3v) is 3.45. The van der Waals surface area contributed by atoms with Crippen LogP contribution in [0.2, 0.25) is 0 Å². The van der Waals surface area contributed by atoms with Crippen LogP contribution in [-0.4, -0.2) is 32.2 Å². The van der Waals surface area contributed by atoms with Crippen LogP contribution in [0.1, 0.15) is 18.4 Å². The average Bonchev–Trinajstić information content (AvgIpc) is 2.32. The van der Waals surface area contributed by atoms with Gasteiger partial charge in [-0.15, -0.1) is 0 Å². The van der Waals surface area contributed by atoms with Gasteiger partial charge in [0.15, 0.2) is 0 Å². The van der Waals surface area contributed by atoms with Crippen LogP contribution >= 0.6 is 0 Å². The highest BCUT2D eigenvalue weighted by atomic mass is 16.2. The number of nitrogens with one attached hydrogen (secondary N) is 3. The number of aryl methyl sites for hydroxylation is 1. The van der Waals surface area contributed by atoms with Gasteiger partial charge >= 0.3 is 6.03 Å². The number of rotatable bonds is 2. The molecule has 1 aliphatic heterocycles. The lowest BCUT2D eigenvalue weighted by molar-refractivity contribution is -0.884. The summed E-state index contributed by atoms with van der Waals surface area (Å²) in [5, 5.41) is 5.93. The normalized spacial score (nSPS) is 23.4. The third-order valence-electron chi connectivity index (χ3n) is 3.45. The van der Waals surface area contributed by atoms with Crippen molar-refractivity contribution in [1.29, 1.82) is 0 Å². The highest BCUT2D eigenvalue weighted by molar-refractivity contribution is 5.89. The standard InChI is InChI=1S/C14H21N3O/c1-11-4-3-5-13(10-11)16-14(18)15-12-6-8-17(2)9-7-12/h3-5,10,12H,6-9H2,1-2H3,(H2,15,16,18)/p+1. The van der Waals surface area contributed by atoms with Crippen molar-refractivity contribution in [3.05, 3.63) is 29.8 Å². The average molecular weight is 248 g/mol. The lowest BCUT2D eigenvalue weighted by Crippen LogP contribution is -3.10. The summed E-state index contributed by atoms with van der Waals surface area (Å²) >= 11 is 0. The van der Waals surface area contributed by atoms with Crippen LogP contribution in [0.5, 0.6) is 0 Å². The third kappa shape index (κ3) is 3.74. The number of carbonyl (C=O) groups is 1. The summed E-state index contributed by atoms with van der Waals surface area (Å²) in [4.78, 5) is 13.4. The molecule has 0 aromatic heterocycles. The van der Waals surface area contributed by atoms with Crippen molar-refractivity contribution < 1.29 is 9.69 Å². The van der Waals surface area contributed by atoms with E-state index in [0.717, 1.165) is 37.2 Å². The van der Waals surface area contributed by atoms with Gasteiger partial charge in [-0.2, -0.15) is 0 Å². The van der Waals surface area contributed by atoms with Crippen molar-refractivity contribution in [1.82, 2.24) is 5.32 Å². The number of hydrogen-bond donors (Lipinski definition) is 3. The molecule has 4 nitrogen and oxygen atoms in total. The van der Waals surface area contributed by atoms with E-state index in [1.807, 2.05) is 31.2 Å². The molecule has 2 amide bonds. The van der Waals surface area contributed by atoms with Crippen molar-refractivity contribution in [2.24, 2.45) is 0 Å². The molecule has 1 aromatic rings. The number of benzene rings is 1. The Morgan fingerprint density at radius 1 is 1.33 bits per heavy atom. The van der Waals surface area contributed by atoms with E-state index in [1.165, 1.54) is 0 Å². The molecular formula is C14H22N3O+. The maximum absolute atomic E-state index is 11.8. The zero-order chi connectivity index (χ0) is 13.0. The number of carbonyl (C=O) groups excluding carboxylic acids is 1. The summed E-state index contributed by atoms with van der Waals surface area (Å²) in [5.41, 5.74) is 2.00. The van der Waals surface area contributed by atoms with E-state index in [4.69, 9.17) is 0 Å². The van der Waals surface area contributed by atoms with Crippen LogP contribution in [0.3, 0.4) is 0 Å². The number of anilines is 1. The zero-order valence-electron chi connectivity index (χ0n) is 11.1. The van der Waals surface area contributed by atoms with E-state index in [2.05, 4.69) is 17.7 Å². The SMILES string of the molecule is Cc1cccc(NC(=O)NC2CC[NH+](C)CC2)c1. The predicted octanol–water partition coefficient (Wildman–Crippen LogP) is 0.794. The number of quaternary nitrogens is 1. The van der Waals surface area contributed by atoms with Gasteiger partial charge < -0.3 is 15.5 Å². The Kier molecular flexibility index (Phi) is 4.20. The molecule has 1 fully saturated rings. The molecular weight excluding hydrogens is 226 g/mol. The molecule has 0 bridgehead atoms. The molecule has 0 aliphatic carbocycles. The summed E-state index contributed by atoms with van der Waals surface area (Å²) < 4.78 is 0. The van der Waals surface area contributed by atoms with E-state index in [-0.39, 0.29) is 6.03 Å². The van der Waals surface area contributed by atoms with E-state index in [1.54, 1.807) is 4.90 Å². The van der Waals surface area contributed by atoms with E-state index < -0.39 is 0 Å². The van der Waals surface area contributed by atoms with Gasteiger partial charge in [0, 0.05) is 24.6 Å². The van der Waals surface area contributed by atoms with Gasteiger partial charge in [-0.05, 0) is 24.6 Å². The number of piperidine rings is 1. The number of likely N-dealkylation sites (tertiary alicyclic amines) is 1. The van der Waals surface area contributed by atoms with Gasteiger partial charge in [-0.1, -0.05) is 12.1 Å². The molecule has 1 saturated heterocycles. The topological polar surface area (TPSA) is 45.6 Å². The zero-order valence-corrected chi connectivity index (χ0v) is 11.1. The highest BCUT2D eigenvalue weighted by Crippen LogP contribution is 2.09. The summed E-state index contributed by atoms with van der Waals surface area (Å²) in [6, 6.07) is 8.07. The van der Waals surface area contributed by atoms with Crippen molar-refractivity contribution in [2.75, 3.05) is 25.5 Å². The first-order chi connectivity index (χ1) is 8.63. The predicted molar refractivity (Wildman–Crippen MR) is 73.0 cm³/mol. The van der Waals surface area contributed by atoms with Crippen LogP contribution in [0.25, 0.3) is 0 Å². The quantitative estimate of drug-likeness (QED) is 0.712. The van der Waals surface area contributed by atoms with Crippen LogP contribution in [0.4, 0.5) is 10.5 Å². The summed E-state index contributed by atoms with van der Waals surface area (Å²) in [6.07, 6.45) is 2.13. The minimum atomic E-state index is -0.0925. The molecule has 0 radical (unpaired) electrons. The van der Waals surface area contributed by atoms with Gasteiger partial charge in [-0.3, -0.25) is 0 Å². The van der Waals surface area contributed by atoms with Gasteiger partial charge in [0.1, 0.15) is 0 Å². The first-order valence-corrected chi connectivity index (χ1v) is 6.59. The molecule has 1 aromatic carbocycles. The Balaban J connectivity index is 1.82. The van der Waals surface area contributed by atoms with E-state index in [9.17, 15) is 4.79 Å². The smallest absolute Gasteiger partial charge is 0.319 e. The van der Waals surface area contributed by atoms with Gasteiger partial charge in [0.25, 0.3) is 0 Å². The Bertz CT molecular complexity index is 411. The Morgan fingerprint density at radius 2 is 2.06 bits per heavy atom. The minimum Gasteiger partial charge on any atom is -0.337 e. The van der Waals surface area contributed by atoms with Crippen molar-refractivity contribution in [3.8, 4) is 0 Å². The van der Waals surface area contributed by atoms with E-state index >= 15 is 0 Å². The van der Waals surface area contributed by atoms with Crippen molar-refractivity contribution >= 4 is 11.7 Å². The molecule has 0 saturated carbocycles. The second-order valence-electron chi connectivity index (χ2n) is 5.20. The fourth-order valence-corrected chi connectivity index (χ4v) is 2.33. The van der Waals surface area contributed by atoms with Gasteiger partial charge in [0.2, 0.25) is 0 Å². The summed E-state index contributed by atoms with van der Waals surface area (Å²) in [6.45, 7) is 4.29. The van der Waals surface area contributed by atoms with E-state index in [0.29, 0.717) is 6.04 Å². The van der Waals surface area contributed by atoms with Crippen LogP contribution in [0, 0.1) is 6.92 Å². The summed E-state index contributed by atoms with van der Waals surface area (Å²) in [5.74, 6) is 0. The van der Waals surface area contributed by atoms with Crippen molar-refractivity contribution in [2.45, 2.75) is 25.8 Å². The molecule has 2 rings (SSSR count). The molecule has 18 heavy (non-hydrogen) atoms. The lowest BCUT2D eigenvalue weighted by Gasteiger charge is -2.27.